The Bertz CT molecular complexity index is 446. The summed E-state index contributed by atoms with van der Waals surface area (Å²) in [5.41, 5.74) is 5.36. The average Bonchev–Trinajstić information content (AvgIpc) is 2.21. The first-order valence-corrected chi connectivity index (χ1v) is 4.83. The van der Waals surface area contributed by atoms with Crippen LogP contribution < -0.4 is 10.5 Å². The first-order chi connectivity index (χ1) is 7.63. The Hall–Kier alpha value is -2.02. The fourth-order valence-electron chi connectivity index (χ4n) is 1.11. The molecule has 0 atom stereocenters. The van der Waals surface area contributed by atoms with Crippen LogP contribution in [0.2, 0.25) is 0 Å². The Balaban J connectivity index is 2.94. The van der Waals surface area contributed by atoms with Crippen molar-refractivity contribution >= 4 is 5.91 Å². The molecule has 84 valence electrons. The minimum absolute atomic E-state index is 0.0535. The van der Waals surface area contributed by atoms with Gasteiger partial charge in [-0.05, 0) is 25.1 Å². The molecular formula is C12H12FNO2. The van der Waals surface area contributed by atoms with Crippen LogP contribution in [0.1, 0.15) is 18.9 Å². The number of hydrogen-bond donors (Lipinski definition) is 1. The molecule has 0 aliphatic rings. The lowest BCUT2D eigenvalue weighted by molar-refractivity contribution is -0.117. The molecule has 1 aromatic rings. The molecule has 0 saturated carbocycles. The van der Waals surface area contributed by atoms with Crippen molar-refractivity contribution in [3.05, 3.63) is 29.6 Å². The molecule has 0 unspecified atom stereocenters. The van der Waals surface area contributed by atoms with Crippen LogP contribution in [0.3, 0.4) is 0 Å². The lowest BCUT2D eigenvalue weighted by Gasteiger charge is -2.05. The molecule has 0 aliphatic carbocycles. The third-order valence-electron chi connectivity index (χ3n) is 1.73. The Labute approximate surface area is 93.4 Å². The van der Waals surface area contributed by atoms with E-state index in [0.717, 1.165) is 0 Å². The number of benzene rings is 1. The van der Waals surface area contributed by atoms with Gasteiger partial charge in [0.1, 0.15) is 11.6 Å². The molecule has 3 nitrogen and oxygen atoms in total. The smallest absolute Gasteiger partial charge is 0.229 e. The summed E-state index contributed by atoms with van der Waals surface area (Å²) in [6.45, 7) is 2.29. The summed E-state index contributed by atoms with van der Waals surface area (Å²) in [5, 5.41) is 0. The minimum atomic E-state index is -0.512. The van der Waals surface area contributed by atoms with Crippen molar-refractivity contribution in [1.29, 1.82) is 0 Å². The minimum Gasteiger partial charge on any atom is -0.493 e. The highest BCUT2D eigenvalue weighted by Crippen LogP contribution is 2.18. The van der Waals surface area contributed by atoms with E-state index in [4.69, 9.17) is 10.5 Å². The molecule has 4 heteroatoms. The number of ether oxygens (including phenoxy) is 1. The number of carbonyl (C=O) groups excluding carboxylic acids is 1. The molecule has 1 aromatic carbocycles. The zero-order valence-electron chi connectivity index (χ0n) is 8.92. The van der Waals surface area contributed by atoms with Gasteiger partial charge in [0.15, 0.2) is 0 Å². The zero-order valence-corrected chi connectivity index (χ0v) is 8.92. The maximum absolute atomic E-state index is 13.0. The second kappa shape index (κ2) is 5.76. The lowest BCUT2D eigenvalue weighted by Crippen LogP contribution is -2.08. The highest BCUT2D eigenvalue weighted by atomic mass is 19.1. The molecule has 1 amide bonds. The number of rotatable bonds is 3. The van der Waals surface area contributed by atoms with Crippen LogP contribution in [-0.2, 0) is 4.79 Å². The third-order valence-corrected chi connectivity index (χ3v) is 1.73. The van der Waals surface area contributed by atoms with Crippen molar-refractivity contribution in [3.8, 4) is 17.6 Å². The number of halogens is 1. The van der Waals surface area contributed by atoms with E-state index in [0.29, 0.717) is 17.9 Å². The predicted octanol–water partition coefficient (Wildman–Crippen LogP) is 1.45. The molecule has 0 heterocycles. The second-order valence-corrected chi connectivity index (χ2v) is 3.02. The first kappa shape index (κ1) is 12.1. The van der Waals surface area contributed by atoms with Crippen LogP contribution in [0.5, 0.6) is 5.75 Å². The molecule has 1 rings (SSSR count). The summed E-state index contributed by atoms with van der Waals surface area (Å²) in [7, 11) is 0. The summed E-state index contributed by atoms with van der Waals surface area (Å²) in [4.78, 5) is 10.5. The topological polar surface area (TPSA) is 52.3 Å². The van der Waals surface area contributed by atoms with Gasteiger partial charge >= 0.3 is 0 Å². The predicted molar refractivity (Wildman–Crippen MR) is 58.3 cm³/mol. The van der Waals surface area contributed by atoms with Gasteiger partial charge < -0.3 is 10.5 Å². The Kier molecular flexibility index (Phi) is 4.34. The lowest BCUT2D eigenvalue weighted by atomic mass is 10.2. The highest BCUT2D eigenvalue weighted by Gasteiger charge is 2.02. The second-order valence-electron chi connectivity index (χ2n) is 3.02. The van der Waals surface area contributed by atoms with Crippen LogP contribution in [0.25, 0.3) is 0 Å². The highest BCUT2D eigenvalue weighted by molar-refractivity contribution is 5.76. The van der Waals surface area contributed by atoms with Gasteiger partial charge in [0.2, 0.25) is 5.91 Å². The third kappa shape index (κ3) is 3.62. The van der Waals surface area contributed by atoms with Gasteiger partial charge in [-0.25, -0.2) is 4.39 Å². The van der Waals surface area contributed by atoms with Crippen molar-refractivity contribution in [2.75, 3.05) is 6.61 Å². The standard InChI is InChI=1S/C12H12FNO2/c1-2-16-11-7-6-10(13)8-9(11)4-3-5-12(14)15/h6-8H,2,5H2,1H3,(H2,14,15). The molecule has 0 spiro atoms. The van der Waals surface area contributed by atoms with E-state index in [1.165, 1.54) is 18.2 Å². The first-order valence-electron chi connectivity index (χ1n) is 4.83. The van der Waals surface area contributed by atoms with Crippen molar-refractivity contribution in [3.63, 3.8) is 0 Å². The van der Waals surface area contributed by atoms with Gasteiger partial charge in [0, 0.05) is 0 Å². The van der Waals surface area contributed by atoms with Crippen LogP contribution in [0.4, 0.5) is 4.39 Å². The quantitative estimate of drug-likeness (QED) is 0.785. The van der Waals surface area contributed by atoms with E-state index in [-0.39, 0.29) is 6.42 Å². The Morgan fingerprint density at radius 1 is 1.56 bits per heavy atom. The number of amides is 1. The number of hydrogen-bond acceptors (Lipinski definition) is 2. The van der Waals surface area contributed by atoms with E-state index in [2.05, 4.69) is 11.8 Å². The van der Waals surface area contributed by atoms with E-state index in [1.54, 1.807) is 0 Å². The van der Waals surface area contributed by atoms with Gasteiger partial charge in [-0.2, -0.15) is 0 Å². The van der Waals surface area contributed by atoms with Gasteiger partial charge in [-0.3, -0.25) is 4.79 Å². The molecule has 0 radical (unpaired) electrons. The Morgan fingerprint density at radius 2 is 2.31 bits per heavy atom. The van der Waals surface area contributed by atoms with E-state index in [1.807, 2.05) is 6.92 Å². The van der Waals surface area contributed by atoms with Gasteiger partial charge in [0.25, 0.3) is 0 Å². The summed E-state index contributed by atoms with van der Waals surface area (Å²) in [6, 6.07) is 4.07. The van der Waals surface area contributed by atoms with Gasteiger partial charge in [0.05, 0.1) is 18.6 Å². The normalized spacial score (nSPS) is 9.12. The fourth-order valence-corrected chi connectivity index (χ4v) is 1.11. The summed E-state index contributed by atoms with van der Waals surface area (Å²) < 4.78 is 18.2. The van der Waals surface area contributed by atoms with E-state index >= 15 is 0 Å². The van der Waals surface area contributed by atoms with Crippen LogP contribution in [0, 0.1) is 17.7 Å². The van der Waals surface area contributed by atoms with Crippen LogP contribution in [-0.4, -0.2) is 12.5 Å². The molecule has 0 bridgehead atoms. The maximum Gasteiger partial charge on any atom is 0.229 e. The maximum atomic E-state index is 13.0. The van der Waals surface area contributed by atoms with Crippen molar-refractivity contribution in [1.82, 2.24) is 0 Å². The van der Waals surface area contributed by atoms with Crippen LogP contribution >= 0.6 is 0 Å². The largest absolute Gasteiger partial charge is 0.493 e. The van der Waals surface area contributed by atoms with Gasteiger partial charge in [-0.1, -0.05) is 11.8 Å². The SMILES string of the molecule is CCOc1ccc(F)cc1C#CCC(N)=O. The molecular weight excluding hydrogens is 209 g/mol. The molecule has 0 aromatic heterocycles. The van der Waals surface area contributed by atoms with Crippen molar-refractivity contribution < 1.29 is 13.9 Å². The number of carbonyl (C=O) groups is 1. The van der Waals surface area contributed by atoms with Crippen molar-refractivity contribution in [2.45, 2.75) is 13.3 Å². The molecule has 0 fully saturated rings. The zero-order chi connectivity index (χ0) is 12.0. The van der Waals surface area contributed by atoms with E-state index < -0.39 is 11.7 Å². The van der Waals surface area contributed by atoms with E-state index in [9.17, 15) is 9.18 Å². The average molecular weight is 221 g/mol. The molecule has 0 aliphatic heterocycles. The number of nitrogens with two attached hydrogens (primary N) is 1. The molecule has 2 N–H and O–H groups in total. The summed E-state index contributed by atoms with van der Waals surface area (Å²) >= 11 is 0. The van der Waals surface area contributed by atoms with Crippen LogP contribution in [0.15, 0.2) is 18.2 Å². The van der Waals surface area contributed by atoms with Crippen molar-refractivity contribution in [2.24, 2.45) is 5.73 Å². The fraction of sp³-hybridized carbons (Fsp3) is 0.250. The molecule has 0 saturated heterocycles. The summed E-state index contributed by atoms with van der Waals surface area (Å²) in [6.07, 6.45) is -0.0535. The molecule has 16 heavy (non-hydrogen) atoms. The Morgan fingerprint density at radius 3 is 2.94 bits per heavy atom. The number of primary amides is 1. The monoisotopic (exact) mass is 221 g/mol. The van der Waals surface area contributed by atoms with Gasteiger partial charge in [-0.15, -0.1) is 0 Å². The summed E-state index contributed by atoms with van der Waals surface area (Å²) in [5.74, 6) is 4.80.